The van der Waals surface area contributed by atoms with Gasteiger partial charge < -0.3 is 15.0 Å². The Morgan fingerprint density at radius 1 is 1.24 bits per heavy atom. The van der Waals surface area contributed by atoms with Crippen molar-refractivity contribution < 1.29 is 9.53 Å². The molecule has 1 saturated carbocycles. The van der Waals surface area contributed by atoms with Crippen molar-refractivity contribution in [1.82, 2.24) is 10.2 Å². The van der Waals surface area contributed by atoms with E-state index in [0.717, 1.165) is 32.2 Å². The minimum Gasteiger partial charge on any atom is -0.465 e. The molecule has 2 aliphatic rings. The molecule has 2 rings (SSSR count). The second-order valence-electron chi connectivity index (χ2n) is 6.58. The van der Waals surface area contributed by atoms with E-state index in [1.165, 1.54) is 38.8 Å². The third-order valence-electron chi connectivity index (χ3n) is 5.40. The molecule has 0 radical (unpaired) electrons. The molecule has 1 heterocycles. The number of nitrogens with zero attached hydrogens (tertiary/aromatic N) is 1. The highest BCUT2D eigenvalue weighted by Gasteiger charge is 2.48. The van der Waals surface area contributed by atoms with E-state index < -0.39 is 5.54 Å². The van der Waals surface area contributed by atoms with Crippen LogP contribution in [-0.4, -0.2) is 49.7 Å². The zero-order chi connectivity index (χ0) is 15.1. The highest BCUT2D eigenvalue weighted by atomic mass is 16.5. The van der Waals surface area contributed by atoms with Gasteiger partial charge in [-0.05, 0) is 71.6 Å². The van der Waals surface area contributed by atoms with Crippen LogP contribution in [0.5, 0.6) is 0 Å². The van der Waals surface area contributed by atoms with Crippen LogP contribution in [0, 0.1) is 5.92 Å². The maximum Gasteiger partial charge on any atom is 0.326 e. The molecule has 0 amide bonds. The maximum atomic E-state index is 12.4. The number of rotatable bonds is 6. The third kappa shape index (κ3) is 3.98. The standard InChI is InChI=1S/C17H32N2O2/c1-3-21-16(20)17(18-2)11-8-9-15(17)10-14-19-12-6-4-5-7-13-19/h15,18H,3-14H2,1-2H3. The van der Waals surface area contributed by atoms with E-state index in [4.69, 9.17) is 4.74 Å². The zero-order valence-electron chi connectivity index (χ0n) is 13.8. The van der Waals surface area contributed by atoms with Gasteiger partial charge in [-0.1, -0.05) is 19.3 Å². The highest BCUT2D eigenvalue weighted by molar-refractivity contribution is 5.81. The Morgan fingerprint density at radius 3 is 2.57 bits per heavy atom. The molecule has 1 aliphatic carbocycles. The van der Waals surface area contributed by atoms with Gasteiger partial charge in [-0.25, -0.2) is 0 Å². The molecule has 1 saturated heterocycles. The summed E-state index contributed by atoms with van der Waals surface area (Å²) in [5, 5.41) is 3.32. The van der Waals surface area contributed by atoms with Crippen LogP contribution < -0.4 is 5.32 Å². The Kier molecular flexibility index (Phi) is 6.49. The Balaban J connectivity index is 1.92. The van der Waals surface area contributed by atoms with Gasteiger partial charge in [0.2, 0.25) is 0 Å². The van der Waals surface area contributed by atoms with Gasteiger partial charge in [0.05, 0.1) is 6.61 Å². The Labute approximate surface area is 129 Å². The lowest BCUT2D eigenvalue weighted by molar-refractivity contribution is -0.153. The topological polar surface area (TPSA) is 41.6 Å². The number of hydrogen-bond donors (Lipinski definition) is 1. The first-order valence-electron chi connectivity index (χ1n) is 8.81. The van der Waals surface area contributed by atoms with Crippen molar-refractivity contribution >= 4 is 5.97 Å². The van der Waals surface area contributed by atoms with Crippen LogP contribution in [0.2, 0.25) is 0 Å². The third-order valence-corrected chi connectivity index (χ3v) is 5.40. The predicted octanol–water partition coefficient (Wildman–Crippen LogP) is 2.57. The number of nitrogens with one attached hydrogen (secondary N) is 1. The summed E-state index contributed by atoms with van der Waals surface area (Å²) in [5.41, 5.74) is -0.429. The van der Waals surface area contributed by atoms with Crippen LogP contribution >= 0.6 is 0 Å². The minimum atomic E-state index is -0.429. The average Bonchev–Trinajstić information content (AvgIpc) is 2.73. The smallest absolute Gasteiger partial charge is 0.326 e. The number of hydrogen-bond acceptors (Lipinski definition) is 4. The summed E-state index contributed by atoms with van der Waals surface area (Å²) >= 11 is 0. The molecule has 0 bridgehead atoms. The normalized spacial score (nSPS) is 31.0. The second-order valence-corrected chi connectivity index (χ2v) is 6.58. The molecule has 4 heteroatoms. The molecule has 0 aromatic carbocycles. The lowest BCUT2D eigenvalue weighted by Crippen LogP contribution is -2.54. The molecule has 122 valence electrons. The summed E-state index contributed by atoms with van der Waals surface area (Å²) in [6.45, 7) is 5.97. The fourth-order valence-corrected chi connectivity index (χ4v) is 4.13. The van der Waals surface area contributed by atoms with Gasteiger partial charge in [0.25, 0.3) is 0 Å². The monoisotopic (exact) mass is 296 g/mol. The Bertz CT molecular complexity index is 327. The summed E-state index contributed by atoms with van der Waals surface area (Å²) in [4.78, 5) is 15.0. The van der Waals surface area contributed by atoms with E-state index in [1.807, 2.05) is 14.0 Å². The molecule has 0 aromatic heterocycles. The minimum absolute atomic E-state index is 0.0362. The molecular weight excluding hydrogens is 264 g/mol. The van der Waals surface area contributed by atoms with Gasteiger partial charge in [-0.15, -0.1) is 0 Å². The van der Waals surface area contributed by atoms with Crippen LogP contribution in [0.4, 0.5) is 0 Å². The van der Waals surface area contributed by atoms with E-state index in [0.29, 0.717) is 12.5 Å². The van der Waals surface area contributed by atoms with Crippen LogP contribution in [-0.2, 0) is 9.53 Å². The van der Waals surface area contributed by atoms with Crippen molar-refractivity contribution in [2.24, 2.45) is 5.92 Å². The average molecular weight is 296 g/mol. The van der Waals surface area contributed by atoms with Gasteiger partial charge in [-0.2, -0.15) is 0 Å². The Hall–Kier alpha value is -0.610. The van der Waals surface area contributed by atoms with E-state index in [1.54, 1.807) is 0 Å². The van der Waals surface area contributed by atoms with E-state index in [2.05, 4.69) is 10.2 Å². The highest BCUT2D eigenvalue weighted by Crippen LogP contribution is 2.39. The number of carbonyl (C=O) groups is 1. The predicted molar refractivity (Wildman–Crippen MR) is 85.3 cm³/mol. The maximum absolute atomic E-state index is 12.4. The molecule has 0 aromatic rings. The van der Waals surface area contributed by atoms with Crippen LogP contribution in [0.15, 0.2) is 0 Å². The van der Waals surface area contributed by atoms with E-state index in [9.17, 15) is 4.79 Å². The molecule has 2 fully saturated rings. The number of ether oxygens (including phenoxy) is 1. The summed E-state index contributed by atoms with van der Waals surface area (Å²) in [6.07, 6.45) is 9.73. The van der Waals surface area contributed by atoms with E-state index in [-0.39, 0.29) is 5.97 Å². The first kappa shape index (κ1) is 16.8. The molecule has 21 heavy (non-hydrogen) atoms. The number of likely N-dealkylation sites (tertiary alicyclic amines) is 1. The molecular formula is C17H32N2O2. The van der Waals surface area contributed by atoms with Crippen LogP contribution in [0.3, 0.4) is 0 Å². The number of carbonyl (C=O) groups excluding carboxylic acids is 1. The first-order valence-corrected chi connectivity index (χ1v) is 8.81. The quantitative estimate of drug-likeness (QED) is 0.765. The largest absolute Gasteiger partial charge is 0.465 e. The fraction of sp³-hybridized carbons (Fsp3) is 0.941. The summed E-state index contributed by atoms with van der Waals surface area (Å²) in [6, 6.07) is 0. The molecule has 1 N–H and O–H groups in total. The lowest BCUT2D eigenvalue weighted by Gasteiger charge is -2.34. The molecule has 4 nitrogen and oxygen atoms in total. The van der Waals surface area contributed by atoms with Crippen LogP contribution in [0.25, 0.3) is 0 Å². The molecule has 1 aliphatic heterocycles. The first-order chi connectivity index (χ1) is 10.2. The van der Waals surface area contributed by atoms with Crippen molar-refractivity contribution in [3.05, 3.63) is 0 Å². The van der Waals surface area contributed by atoms with Crippen molar-refractivity contribution in [3.63, 3.8) is 0 Å². The SMILES string of the molecule is CCOC(=O)C1(NC)CCCC1CCN1CCCCCC1. The van der Waals surface area contributed by atoms with Gasteiger partial charge in [-0.3, -0.25) is 4.79 Å². The van der Waals surface area contributed by atoms with E-state index >= 15 is 0 Å². The van der Waals surface area contributed by atoms with Gasteiger partial charge >= 0.3 is 5.97 Å². The van der Waals surface area contributed by atoms with Gasteiger partial charge in [0.1, 0.15) is 5.54 Å². The summed E-state index contributed by atoms with van der Waals surface area (Å²) in [5.74, 6) is 0.385. The summed E-state index contributed by atoms with van der Waals surface area (Å²) in [7, 11) is 1.92. The zero-order valence-corrected chi connectivity index (χ0v) is 13.8. The Morgan fingerprint density at radius 2 is 1.95 bits per heavy atom. The van der Waals surface area contributed by atoms with Gasteiger partial charge in [0, 0.05) is 0 Å². The molecule has 2 unspecified atom stereocenters. The second kappa shape index (κ2) is 8.14. The van der Waals surface area contributed by atoms with Crippen molar-refractivity contribution in [2.75, 3.05) is 33.3 Å². The molecule has 0 spiro atoms. The van der Waals surface area contributed by atoms with Crippen LogP contribution in [0.1, 0.15) is 58.3 Å². The van der Waals surface area contributed by atoms with Crippen molar-refractivity contribution in [2.45, 2.75) is 63.8 Å². The number of esters is 1. The van der Waals surface area contributed by atoms with Crippen molar-refractivity contribution in [3.8, 4) is 0 Å². The molecule has 2 atom stereocenters. The number of likely N-dealkylation sites (N-methyl/N-ethyl adjacent to an activating group) is 1. The summed E-state index contributed by atoms with van der Waals surface area (Å²) < 4.78 is 5.35. The fourth-order valence-electron chi connectivity index (χ4n) is 4.13. The van der Waals surface area contributed by atoms with Crippen molar-refractivity contribution in [1.29, 1.82) is 0 Å². The van der Waals surface area contributed by atoms with Gasteiger partial charge in [0.15, 0.2) is 0 Å². The lowest BCUT2D eigenvalue weighted by atomic mass is 9.84.